The van der Waals surface area contributed by atoms with Gasteiger partial charge < -0.3 is 10.6 Å². The minimum Gasteiger partial charge on any atom is -0.357 e. The van der Waals surface area contributed by atoms with Crippen molar-refractivity contribution in [1.29, 1.82) is 0 Å². The van der Waals surface area contributed by atoms with Gasteiger partial charge in [0.25, 0.3) is 0 Å². The molecule has 2 aromatic rings. The number of hydrogen-bond donors (Lipinski definition) is 2. The molecular weight excluding hydrogens is 501 g/mol. The number of benzene rings is 1. The third-order valence-electron chi connectivity index (χ3n) is 5.73. The van der Waals surface area contributed by atoms with Gasteiger partial charge in [0, 0.05) is 24.8 Å². The summed E-state index contributed by atoms with van der Waals surface area (Å²) in [5.74, 6) is 2.26. The van der Waals surface area contributed by atoms with Gasteiger partial charge in [-0.1, -0.05) is 44.9 Å². The first kappa shape index (κ1) is 25.6. The summed E-state index contributed by atoms with van der Waals surface area (Å²) < 4.78 is 1.99. The minimum absolute atomic E-state index is 0. The van der Waals surface area contributed by atoms with Crippen LogP contribution in [-0.2, 0) is 6.54 Å². The molecule has 2 N–H and O–H groups in total. The molecule has 172 valence electrons. The van der Waals surface area contributed by atoms with Crippen molar-refractivity contribution in [2.24, 2.45) is 10.9 Å². The van der Waals surface area contributed by atoms with Crippen LogP contribution in [0.2, 0.25) is 0 Å². The number of aromatic nitrogens is 3. The van der Waals surface area contributed by atoms with E-state index >= 15 is 0 Å². The smallest absolute Gasteiger partial charge is 0.191 e. The third kappa shape index (κ3) is 7.75. The maximum atomic E-state index is 4.79. The number of halogens is 1. The summed E-state index contributed by atoms with van der Waals surface area (Å²) in [7, 11) is 0. The van der Waals surface area contributed by atoms with Crippen molar-refractivity contribution >= 4 is 29.9 Å². The zero-order chi connectivity index (χ0) is 21.2. The van der Waals surface area contributed by atoms with E-state index in [1.165, 1.54) is 38.8 Å². The monoisotopic (exact) mass is 539 g/mol. The SMILES string of the molecule is CCNC(=NCc1nncn1-c1ccccc1)NCC(C(C)C)N1CCCCCC1.I. The van der Waals surface area contributed by atoms with Crippen molar-refractivity contribution in [2.45, 2.75) is 59.0 Å². The number of nitrogens with one attached hydrogen (secondary N) is 2. The summed E-state index contributed by atoms with van der Waals surface area (Å²) in [6, 6.07) is 10.7. The number of hydrogen-bond acceptors (Lipinski definition) is 4. The predicted molar refractivity (Wildman–Crippen MR) is 138 cm³/mol. The largest absolute Gasteiger partial charge is 0.357 e. The maximum absolute atomic E-state index is 4.79. The molecule has 0 radical (unpaired) electrons. The van der Waals surface area contributed by atoms with E-state index in [9.17, 15) is 0 Å². The fourth-order valence-electron chi connectivity index (χ4n) is 4.08. The Morgan fingerprint density at radius 1 is 1.06 bits per heavy atom. The third-order valence-corrected chi connectivity index (χ3v) is 5.73. The first-order chi connectivity index (χ1) is 14.7. The second-order valence-corrected chi connectivity index (χ2v) is 8.29. The van der Waals surface area contributed by atoms with Gasteiger partial charge in [-0.25, -0.2) is 4.99 Å². The van der Waals surface area contributed by atoms with Crippen LogP contribution in [0.15, 0.2) is 41.7 Å². The summed E-state index contributed by atoms with van der Waals surface area (Å²) in [5, 5.41) is 15.3. The number of para-hydroxylation sites is 1. The molecule has 1 aromatic heterocycles. The van der Waals surface area contributed by atoms with E-state index in [0.29, 0.717) is 18.5 Å². The van der Waals surface area contributed by atoms with Gasteiger partial charge in [0.05, 0.1) is 0 Å². The van der Waals surface area contributed by atoms with Gasteiger partial charge in [0.15, 0.2) is 11.8 Å². The van der Waals surface area contributed by atoms with Crippen molar-refractivity contribution in [3.05, 3.63) is 42.5 Å². The predicted octanol–water partition coefficient (Wildman–Crippen LogP) is 3.84. The standard InChI is InChI=1S/C23H37N7.HI/c1-4-24-23(25-16-21(19(2)3)29-14-10-5-6-11-15-29)26-17-22-28-27-18-30(22)20-12-8-7-9-13-20;/h7-9,12-13,18-19,21H,4-6,10-11,14-17H2,1-3H3,(H2,24,25,26);1H. The van der Waals surface area contributed by atoms with Gasteiger partial charge in [0.2, 0.25) is 0 Å². The Morgan fingerprint density at radius 3 is 2.42 bits per heavy atom. The molecule has 1 unspecified atom stereocenters. The second kappa shape index (κ2) is 13.7. The van der Waals surface area contributed by atoms with Crippen molar-refractivity contribution < 1.29 is 0 Å². The van der Waals surface area contributed by atoms with E-state index in [1.807, 2.05) is 22.8 Å². The Kier molecular flexibility index (Phi) is 11.3. The maximum Gasteiger partial charge on any atom is 0.191 e. The number of rotatable bonds is 8. The number of likely N-dealkylation sites (tertiary alicyclic amines) is 1. The molecule has 0 amide bonds. The summed E-state index contributed by atoms with van der Waals surface area (Å²) in [5.41, 5.74) is 1.05. The molecular formula is C23H38IN7. The highest BCUT2D eigenvalue weighted by molar-refractivity contribution is 14.0. The number of nitrogens with zero attached hydrogens (tertiary/aromatic N) is 5. The summed E-state index contributed by atoms with van der Waals surface area (Å²) >= 11 is 0. The topological polar surface area (TPSA) is 70.4 Å². The molecule has 0 aliphatic carbocycles. The fourth-order valence-corrected chi connectivity index (χ4v) is 4.08. The lowest BCUT2D eigenvalue weighted by atomic mass is 10.0. The fraction of sp³-hybridized carbons (Fsp3) is 0.609. The molecule has 0 spiro atoms. The second-order valence-electron chi connectivity index (χ2n) is 8.29. The molecule has 0 bridgehead atoms. The molecule has 31 heavy (non-hydrogen) atoms. The molecule has 1 aliphatic heterocycles. The lowest BCUT2D eigenvalue weighted by Gasteiger charge is -2.34. The van der Waals surface area contributed by atoms with E-state index in [4.69, 9.17) is 4.99 Å². The summed E-state index contributed by atoms with van der Waals surface area (Å²) in [4.78, 5) is 7.46. The van der Waals surface area contributed by atoms with Crippen molar-refractivity contribution in [1.82, 2.24) is 30.3 Å². The van der Waals surface area contributed by atoms with Gasteiger partial charge in [-0.15, -0.1) is 34.2 Å². The first-order valence-electron chi connectivity index (χ1n) is 11.4. The van der Waals surface area contributed by atoms with Crippen LogP contribution in [0.4, 0.5) is 0 Å². The number of aliphatic imine (C=N–C) groups is 1. The van der Waals surface area contributed by atoms with Crippen LogP contribution in [0.1, 0.15) is 52.3 Å². The van der Waals surface area contributed by atoms with Crippen LogP contribution in [0, 0.1) is 5.92 Å². The van der Waals surface area contributed by atoms with Gasteiger partial charge in [-0.2, -0.15) is 0 Å². The minimum atomic E-state index is 0. The molecule has 2 heterocycles. The summed E-state index contributed by atoms with van der Waals surface area (Å²) in [6.07, 6.45) is 7.09. The zero-order valence-corrected chi connectivity index (χ0v) is 21.5. The van der Waals surface area contributed by atoms with Gasteiger partial charge >= 0.3 is 0 Å². The van der Waals surface area contributed by atoms with E-state index in [2.05, 4.69) is 58.6 Å². The highest BCUT2D eigenvalue weighted by Crippen LogP contribution is 2.17. The van der Waals surface area contributed by atoms with E-state index in [-0.39, 0.29) is 24.0 Å². The van der Waals surface area contributed by atoms with Crippen molar-refractivity contribution in [3.63, 3.8) is 0 Å². The highest BCUT2D eigenvalue weighted by Gasteiger charge is 2.23. The molecule has 3 rings (SSSR count). The average molecular weight is 540 g/mol. The van der Waals surface area contributed by atoms with Crippen molar-refractivity contribution in [3.8, 4) is 5.69 Å². The molecule has 1 aliphatic rings. The summed E-state index contributed by atoms with van der Waals surface area (Å²) in [6.45, 7) is 11.4. The lowest BCUT2D eigenvalue weighted by molar-refractivity contribution is 0.161. The van der Waals surface area contributed by atoms with Crippen LogP contribution in [0.5, 0.6) is 0 Å². The molecule has 1 aromatic carbocycles. The van der Waals surface area contributed by atoms with Gasteiger partial charge in [-0.05, 0) is 50.9 Å². The van der Waals surface area contributed by atoms with Crippen LogP contribution in [0.25, 0.3) is 5.69 Å². The lowest BCUT2D eigenvalue weighted by Crippen LogP contribution is -2.49. The molecule has 0 saturated carbocycles. The van der Waals surface area contributed by atoms with Crippen LogP contribution >= 0.6 is 24.0 Å². The molecule has 1 atom stereocenters. The van der Waals surface area contributed by atoms with Crippen LogP contribution in [-0.4, -0.2) is 57.8 Å². The number of guanidine groups is 1. The molecule has 1 fully saturated rings. The first-order valence-corrected chi connectivity index (χ1v) is 11.4. The van der Waals surface area contributed by atoms with E-state index in [0.717, 1.165) is 30.6 Å². The Labute approximate surface area is 204 Å². The molecule has 8 heteroatoms. The van der Waals surface area contributed by atoms with Crippen molar-refractivity contribution in [2.75, 3.05) is 26.2 Å². The molecule has 1 saturated heterocycles. The normalized spacial score (nSPS) is 16.5. The van der Waals surface area contributed by atoms with Gasteiger partial charge in [-0.3, -0.25) is 9.47 Å². The van der Waals surface area contributed by atoms with Gasteiger partial charge in [0.1, 0.15) is 12.9 Å². The van der Waals surface area contributed by atoms with Crippen LogP contribution in [0.3, 0.4) is 0 Å². The van der Waals surface area contributed by atoms with E-state index < -0.39 is 0 Å². The Bertz CT molecular complexity index is 767. The van der Waals surface area contributed by atoms with Crippen LogP contribution < -0.4 is 10.6 Å². The quantitative estimate of drug-likeness (QED) is 0.303. The Morgan fingerprint density at radius 2 is 1.77 bits per heavy atom. The Balaban J connectivity index is 0.00000341. The molecule has 7 nitrogen and oxygen atoms in total. The Hall–Kier alpha value is -1.68. The van der Waals surface area contributed by atoms with E-state index in [1.54, 1.807) is 6.33 Å². The zero-order valence-electron chi connectivity index (χ0n) is 19.1. The highest BCUT2D eigenvalue weighted by atomic mass is 127. The average Bonchev–Trinajstić information content (AvgIpc) is 3.07.